The van der Waals surface area contributed by atoms with Crippen molar-refractivity contribution in [2.24, 2.45) is 0 Å². The average Bonchev–Trinajstić information content (AvgIpc) is 3.35. The fraction of sp³-hybridized carbons (Fsp3) is 0.0400. The van der Waals surface area contributed by atoms with Crippen LogP contribution in [0.2, 0.25) is 0 Å². The zero-order valence-electron chi connectivity index (χ0n) is 16.5. The van der Waals surface area contributed by atoms with E-state index in [0.29, 0.717) is 22.6 Å². The van der Waals surface area contributed by atoms with Gasteiger partial charge in [-0.05, 0) is 42.5 Å². The fourth-order valence-corrected chi connectivity index (χ4v) is 3.50. The van der Waals surface area contributed by atoms with Crippen molar-refractivity contribution in [1.82, 2.24) is 4.98 Å². The number of para-hydroxylation sites is 1. The van der Waals surface area contributed by atoms with Crippen molar-refractivity contribution < 1.29 is 23.8 Å². The molecule has 0 amide bonds. The molecule has 1 aliphatic heterocycles. The molecule has 3 aromatic carbocycles. The number of nitrogens with one attached hydrogen (secondary N) is 1. The van der Waals surface area contributed by atoms with Crippen LogP contribution in [0, 0.1) is 0 Å². The molecule has 1 N–H and O–H groups in total. The van der Waals surface area contributed by atoms with Gasteiger partial charge in [-0.25, -0.2) is 4.79 Å². The first-order valence-corrected chi connectivity index (χ1v) is 9.63. The summed E-state index contributed by atoms with van der Waals surface area (Å²) in [7, 11) is 1.53. The van der Waals surface area contributed by atoms with Gasteiger partial charge in [-0.3, -0.25) is 4.79 Å². The Balaban J connectivity index is 1.39. The second-order valence-corrected chi connectivity index (χ2v) is 7.01. The van der Waals surface area contributed by atoms with Crippen molar-refractivity contribution in [3.05, 3.63) is 95.4 Å². The zero-order valence-corrected chi connectivity index (χ0v) is 16.5. The molecular weight excluding hydrogens is 394 g/mol. The Kier molecular flexibility index (Phi) is 4.52. The quantitative estimate of drug-likeness (QED) is 0.290. The number of ether oxygens (including phenoxy) is 3. The fourth-order valence-electron chi connectivity index (χ4n) is 3.50. The molecule has 0 bridgehead atoms. The minimum absolute atomic E-state index is 0.217. The van der Waals surface area contributed by atoms with Crippen molar-refractivity contribution in [1.29, 1.82) is 0 Å². The van der Waals surface area contributed by atoms with Crippen LogP contribution < -0.4 is 14.2 Å². The number of carbonyl (C=O) groups excluding carboxylic acids is 2. The van der Waals surface area contributed by atoms with Crippen LogP contribution in [0.1, 0.15) is 26.3 Å². The number of Topliss-reactive ketones (excluding diaryl/α,β-unsaturated/α-hetero) is 1. The molecule has 0 saturated carbocycles. The van der Waals surface area contributed by atoms with Gasteiger partial charge in [-0.2, -0.15) is 0 Å². The van der Waals surface area contributed by atoms with Crippen molar-refractivity contribution in [3.8, 4) is 17.2 Å². The summed E-state index contributed by atoms with van der Waals surface area (Å²) >= 11 is 0. The van der Waals surface area contributed by atoms with E-state index in [0.717, 1.165) is 16.5 Å². The van der Waals surface area contributed by atoms with Gasteiger partial charge < -0.3 is 19.2 Å². The van der Waals surface area contributed by atoms with E-state index in [1.807, 2.05) is 30.5 Å². The molecule has 0 aliphatic carbocycles. The number of hydrogen-bond acceptors (Lipinski definition) is 5. The lowest BCUT2D eigenvalue weighted by molar-refractivity contribution is 0.0734. The third kappa shape index (κ3) is 3.44. The van der Waals surface area contributed by atoms with Crippen LogP contribution in [-0.2, 0) is 0 Å². The van der Waals surface area contributed by atoms with E-state index >= 15 is 0 Å². The maximum atomic E-state index is 12.8. The largest absolute Gasteiger partial charge is 0.497 e. The van der Waals surface area contributed by atoms with Gasteiger partial charge in [0.05, 0.1) is 18.2 Å². The van der Waals surface area contributed by atoms with Crippen LogP contribution in [0.4, 0.5) is 0 Å². The number of aromatic nitrogens is 1. The molecule has 2 heterocycles. The minimum Gasteiger partial charge on any atom is -0.497 e. The smallest absolute Gasteiger partial charge is 0.343 e. The number of fused-ring (bicyclic) bond motifs is 2. The summed E-state index contributed by atoms with van der Waals surface area (Å²) in [5.74, 6) is 0.670. The van der Waals surface area contributed by atoms with E-state index in [1.54, 1.807) is 48.5 Å². The van der Waals surface area contributed by atoms with E-state index < -0.39 is 5.97 Å². The number of benzene rings is 3. The number of allylic oxidation sites excluding steroid dienone is 1. The molecule has 152 valence electrons. The van der Waals surface area contributed by atoms with Crippen LogP contribution in [0.15, 0.2) is 78.7 Å². The first-order chi connectivity index (χ1) is 15.1. The maximum absolute atomic E-state index is 12.8. The van der Waals surface area contributed by atoms with Gasteiger partial charge in [0.2, 0.25) is 5.78 Å². The van der Waals surface area contributed by atoms with E-state index in [-0.39, 0.29) is 17.3 Å². The predicted octanol–water partition coefficient (Wildman–Crippen LogP) is 5.01. The summed E-state index contributed by atoms with van der Waals surface area (Å²) in [5.41, 5.74) is 2.62. The number of rotatable bonds is 4. The Morgan fingerprint density at radius 1 is 1.00 bits per heavy atom. The standard InChI is InChI=1S/C25H17NO5/c1-29-17-6-4-5-15(11-17)25(28)30-18-9-10-20-22(13-18)31-23(24(20)27)12-16-14-26-21-8-3-2-7-19(16)21/h2-14,26H,1H3. The molecule has 0 spiro atoms. The van der Waals surface area contributed by atoms with Gasteiger partial charge in [0.25, 0.3) is 0 Å². The molecule has 4 aromatic rings. The minimum atomic E-state index is -0.530. The second-order valence-electron chi connectivity index (χ2n) is 7.01. The number of aromatic amines is 1. The summed E-state index contributed by atoms with van der Waals surface area (Å²) in [6, 6.07) is 19.2. The highest BCUT2D eigenvalue weighted by Gasteiger charge is 2.28. The van der Waals surface area contributed by atoms with E-state index in [9.17, 15) is 9.59 Å². The van der Waals surface area contributed by atoms with Crippen LogP contribution in [0.3, 0.4) is 0 Å². The summed E-state index contributed by atoms with van der Waals surface area (Å²) in [4.78, 5) is 28.4. The molecular formula is C25H17NO5. The van der Waals surface area contributed by atoms with Crippen molar-refractivity contribution in [2.45, 2.75) is 0 Å². The van der Waals surface area contributed by atoms with Gasteiger partial charge >= 0.3 is 5.97 Å². The Morgan fingerprint density at radius 3 is 2.74 bits per heavy atom. The Morgan fingerprint density at radius 2 is 1.87 bits per heavy atom. The lowest BCUT2D eigenvalue weighted by Gasteiger charge is -2.07. The van der Waals surface area contributed by atoms with Crippen LogP contribution >= 0.6 is 0 Å². The van der Waals surface area contributed by atoms with Gasteiger partial charge in [0.1, 0.15) is 17.2 Å². The number of hydrogen-bond donors (Lipinski definition) is 1. The Labute approximate surface area is 177 Å². The lowest BCUT2D eigenvalue weighted by atomic mass is 10.1. The maximum Gasteiger partial charge on any atom is 0.343 e. The molecule has 1 aromatic heterocycles. The van der Waals surface area contributed by atoms with Gasteiger partial charge in [0, 0.05) is 28.7 Å². The second kappa shape index (κ2) is 7.50. The van der Waals surface area contributed by atoms with Gasteiger partial charge in [0.15, 0.2) is 5.76 Å². The molecule has 0 atom stereocenters. The van der Waals surface area contributed by atoms with Crippen molar-refractivity contribution in [3.63, 3.8) is 0 Å². The first kappa shape index (κ1) is 18.7. The molecule has 6 nitrogen and oxygen atoms in total. The van der Waals surface area contributed by atoms with Crippen LogP contribution in [-0.4, -0.2) is 23.8 Å². The van der Waals surface area contributed by atoms with E-state index in [4.69, 9.17) is 14.2 Å². The number of H-pyrrole nitrogens is 1. The van der Waals surface area contributed by atoms with Gasteiger partial charge in [-0.15, -0.1) is 0 Å². The highest BCUT2D eigenvalue weighted by atomic mass is 16.5. The average molecular weight is 411 g/mol. The summed E-state index contributed by atoms with van der Waals surface area (Å²) in [5, 5.41) is 0.996. The summed E-state index contributed by atoms with van der Waals surface area (Å²) in [6.07, 6.45) is 3.54. The Hall–Kier alpha value is -4.32. The molecule has 5 rings (SSSR count). The predicted molar refractivity (Wildman–Crippen MR) is 116 cm³/mol. The number of methoxy groups -OCH3 is 1. The third-order valence-electron chi connectivity index (χ3n) is 5.07. The number of esters is 1. The molecule has 0 unspecified atom stereocenters. The highest BCUT2D eigenvalue weighted by Crippen LogP contribution is 2.35. The molecule has 0 saturated heterocycles. The zero-order chi connectivity index (χ0) is 21.4. The molecule has 0 radical (unpaired) electrons. The summed E-state index contributed by atoms with van der Waals surface area (Å²) < 4.78 is 16.4. The van der Waals surface area contributed by atoms with Crippen LogP contribution in [0.25, 0.3) is 17.0 Å². The van der Waals surface area contributed by atoms with Crippen molar-refractivity contribution >= 4 is 28.7 Å². The normalized spacial score (nSPS) is 13.8. The lowest BCUT2D eigenvalue weighted by Crippen LogP contribution is -2.08. The molecule has 0 fully saturated rings. The third-order valence-corrected chi connectivity index (χ3v) is 5.07. The van der Waals surface area contributed by atoms with E-state index in [1.165, 1.54) is 7.11 Å². The highest BCUT2D eigenvalue weighted by molar-refractivity contribution is 6.15. The monoisotopic (exact) mass is 411 g/mol. The number of carbonyl (C=O) groups is 2. The topological polar surface area (TPSA) is 77.6 Å². The number of ketones is 1. The summed E-state index contributed by atoms with van der Waals surface area (Å²) in [6.45, 7) is 0. The molecule has 6 heteroatoms. The van der Waals surface area contributed by atoms with E-state index in [2.05, 4.69) is 4.98 Å². The Bertz CT molecular complexity index is 1370. The molecule has 31 heavy (non-hydrogen) atoms. The van der Waals surface area contributed by atoms with Crippen LogP contribution in [0.5, 0.6) is 17.2 Å². The van der Waals surface area contributed by atoms with Gasteiger partial charge in [-0.1, -0.05) is 24.3 Å². The molecule has 1 aliphatic rings. The van der Waals surface area contributed by atoms with Crippen molar-refractivity contribution in [2.75, 3.05) is 7.11 Å². The first-order valence-electron chi connectivity index (χ1n) is 9.63. The SMILES string of the molecule is COc1cccc(C(=O)Oc2ccc3c(c2)OC(=Cc2c[nH]c4ccccc24)C3=O)c1.